The molecule has 1 nitrogen and oxygen atoms in total. The topological polar surface area (TPSA) is 12.0 Å². The number of rotatable bonds is 9. The molecule has 0 amide bonds. The van der Waals surface area contributed by atoms with Crippen molar-refractivity contribution in [2.24, 2.45) is 0 Å². The first-order chi connectivity index (χ1) is 11.7. The van der Waals surface area contributed by atoms with Gasteiger partial charge in [0.15, 0.2) is 0 Å². The Labute approximate surface area is 147 Å². The maximum Gasteiger partial charge on any atom is 0.0363 e. The van der Waals surface area contributed by atoms with E-state index in [1.807, 2.05) is 0 Å². The van der Waals surface area contributed by atoms with E-state index in [0.717, 1.165) is 6.54 Å². The molecular formula is C23H31N. The predicted molar refractivity (Wildman–Crippen MR) is 108 cm³/mol. The van der Waals surface area contributed by atoms with E-state index >= 15 is 0 Å². The largest absolute Gasteiger partial charge is 0.381 e. The molecular weight excluding hydrogens is 290 g/mol. The zero-order chi connectivity index (χ0) is 17.2. The van der Waals surface area contributed by atoms with Crippen molar-refractivity contribution in [2.75, 3.05) is 11.9 Å². The third kappa shape index (κ3) is 6.23. The van der Waals surface area contributed by atoms with Gasteiger partial charge < -0.3 is 5.32 Å². The van der Waals surface area contributed by atoms with E-state index < -0.39 is 0 Å². The first-order valence-electron chi connectivity index (χ1n) is 9.27. The Bertz CT molecular complexity index is 625. The fourth-order valence-corrected chi connectivity index (χ4v) is 2.82. The number of hydrogen-bond acceptors (Lipinski definition) is 1. The van der Waals surface area contributed by atoms with Crippen LogP contribution < -0.4 is 5.32 Å². The SMILES string of the molecule is CCCCC/C(=C\c1ccccc1)CNc1cccc(C(C)C)c1. The zero-order valence-corrected chi connectivity index (χ0v) is 15.4. The van der Waals surface area contributed by atoms with Crippen LogP contribution >= 0.6 is 0 Å². The van der Waals surface area contributed by atoms with Gasteiger partial charge in [-0.1, -0.05) is 87.7 Å². The van der Waals surface area contributed by atoms with E-state index in [9.17, 15) is 0 Å². The highest BCUT2D eigenvalue weighted by molar-refractivity contribution is 5.55. The van der Waals surface area contributed by atoms with Crippen LogP contribution in [0.4, 0.5) is 5.69 Å². The van der Waals surface area contributed by atoms with Crippen molar-refractivity contribution in [3.8, 4) is 0 Å². The average molecular weight is 322 g/mol. The van der Waals surface area contributed by atoms with Crippen LogP contribution in [-0.4, -0.2) is 6.54 Å². The molecule has 0 aromatic heterocycles. The van der Waals surface area contributed by atoms with Gasteiger partial charge in [0.25, 0.3) is 0 Å². The minimum Gasteiger partial charge on any atom is -0.381 e. The van der Waals surface area contributed by atoms with Crippen molar-refractivity contribution in [1.82, 2.24) is 0 Å². The summed E-state index contributed by atoms with van der Waals surface area (Å²) in [6.45, 7) is 7.66. The van der Waals surface area contributed by atoms with Crippen LogP contribution in [0.2, 0.25) is 0 Å². The molecule has 1 N–H and O–H groups in total. The molecule has 0 aliphatic carbocycles. The quantitative estimate of drug-likeness (QED) is 0.496. The molecule has 128 valence electrons. The third-order valence-corrected chi connectivity index (χ3v) is 4.34. The molecule has 0 saturated carbocycles. The number of hydrogen-bond donors (Lipinski definition) is 1. The first kappa shape index (κ1) is 18.3. The van der Waals surface area contributed by atoms with Gasteiger partial charge in [0, 0.05) is 12.2 Å². The van der Waals surface area contributed by atoms with Crippen LogP contribution in [0, 0.1) is 0 Å². The maximum absolute atomic E-state index is 3.62. The highest BCUT2D eigenvalue weighted by atomic mass is 14.9. The molecule has 24 heavy (non-hydrogen) atoms. The van der Waals surface area contributed by atoms with Crippen molar-refractivity contribution in [3.63, 3.8) is 0 Å². The molecule has 0 fully saturated rings. The Morgan fingerprint density at radius 3 is 2.50 bits per heavy atom. The summed E-state index contributed by atoms with van der Waals surface area (Å²) >= 11 is 0. The maximum atomic E-state index is 3.62. The predicted octanol–water partition coefficient (Wildman–Crippen LogP) is 6.89. The monoisotopic (exact) mass is 321 g/mol. The summed E-state index contributed by atoms with van der Waals surface area (Å²) in [5.74, 6) is 0.565. The Kier molecular flexibility index (Phi) is 7.61. The van der Waals surface area contributed by atoms with Gasteiger partial charge in [0.05, 0.1) is 0 Å². The van der Waals surface area contributed by atoms with Crippen LogP contribution in [0.3, 0.4) is 0 Å². The van der Waals surface area contributed by atoms with Crippen LogP contribution in [0.25, 0.3) is 6.08 Å². The van der Waals surface area contributed by atoms with E-state index in [2.05, 4.69) is 86.8 Å². The average Bonchev–Trinajstić information content (AvgIpc) is 2.61. The Balaban J connectivity index is 2.05. The van der Waals surface area contributed by atoms with Crippen LogP contribution in [0.5, 0.6) is 0 Å². The lowest BCUT2D eigenvalue weighted by Gasteiger charge is -2.13. The lowest BCUT2D eigenvalue weighted by atomic mass is 10.0. The lowest BCUT2D eigenvalue weighted by molar-refractivity contribution is 0.711. The van der Waals surface area contributed by atoms with Crippen molar-refractivity contribution in [1.29, 1.82) is 0 Å². The van der Waals surface area contributed by atoms with E-state index in [4.69, 9.17) is 0 Å². The summed E-state index contributed by atoms with van der Waals surface area (Å²) < 4.78 is 0. The summed E-state index contributed by atoms with van der Waals surface area (Å²) in [5.41, 5.74) is 5.38. The summed E-state index contributed by atoms with van der Waals surface area (Å²) in [7, 11) is 0. The Hall–Kier alpha value is -2.02. The van der Waals surface area contributed by atoms with Crippen LogP contribution in [-0.2, 0) is 0 Å². The Morgan fingerprint density at radius 2 is 1.79 bits per heavy atom. The molecule has 2 aromatic carbocycles. The van der Waals surface area contributed by atoms with E-state index in [-0.39, 0.29) is 0 Å². The van der Waals surface area contributed by atoms with E-state index in [0.29, 0.717) is 5.92 Å². The van der Waals surface area contributed by atoms with E-state index in [1.165, 1.54) is 48.1 Å². The van der Waals surface area contributed by atoms with Gasteiger partial charge >= 0.3 is 0 Å². The fourth-order valence-electron chi connectivity index (χ4n) is 2.82. The van der Waals surface area contributed by atoms with E-state index in [1.54, 1.807) is 0 Å². The van der Waals surface area contributed by atoms with Crippen molar-refractivity contribution in [2.45, 2.75) is 52.4 Å². The van der Waals surface area contributed by atoms with Gasteiger partial charge in [-0.15, -0.1) is 0 Å². The molecule has 0 atom stereocenters. The standard InChI is InChI=1S/C23H31N/c1-4-5-7-13-21(16-20-11-8-6-9-12-20)18-24-23-15-10-14-22(17-23)19(2)3/h6,8-12,14-17,19,24H,4-5,7,13,18H2,1-3H3/b21-16+. The molecule has 0 spiro atoms. The first-order valence-corrected chi connectivity index (χ1v) is 9.27. The van der Waals surface area contributed by atoms with Gasteiger partial charge in [0.1, 0.15) is 0 Å². The van der Waals surface area contributed by atoms with Gasteiger partial charge in [-0.2, -0.15) is 0 Å². The Morgan fingerprint density at radius 1 is 1.00 bits per heavy atom. The molecule has 0 aliphatic rings. The van der Waals surface area contributed by atoms with Gasteiger partial charge in [-0.05, 0) is 42.0 Å². The smallest absolute Gasteiger partial charge is 0.0363 e. The highest BCUT2D eigenvalue weighted by Gasteiger charge is 2.02. The number of unbranched alkanes of at least 4 members (excludes halogenated alkanes) is 2. The number of benzene rings is 2. The lowest BCUT2D eigenvalue weighted by Crippen LogP contribution is -2.05. The zero-order valence-electron chi connectivity index (χ0n) is 15.4. The molecule has 0 bridgehead atoms. The minimum atomic E-state index is 0.565. The summed E-state index contributed by atoms with van der Waals surface area (Å²) in [6, 6.07) is 19.4. The summed E-state index contributed by atoms with van der Waals surface area (Å²) in [4.78, 5) is 0. The molecule has 0 radical (unpaired) electrons. The molecule has 0 unspecified atom stereocenters. The highest BCUT2D eigenvalue weighted by Crippen LogP contribution is 2.20. The number of nitrogens with one attached hydrogen (secondary N) is 1. The van der Waals surface area contributed by atoms with Crippen molar-refractivity contribution >= 4 is 11.8 Å². The summed E-state index contributed by atoms with van der Waals surface area (Å²) in [6.07, 6.45) is 7.34. The van der Waals surface area contributed by atoms with Crippen molar-refractivity contribution < 1.29 is 0 Å². The summed E-state index contributed by atoms with van der Waals surface area (Å²) in [5, 5.41) is 3.62. The molecule has 1 heteroatoms. The molecule has 2 rings (SSSR count). The molecule has 0 heterocycles. The fraction of sp³-hybridized carbons (Fsp3) is 0.391. The van der Waals surface area contributed by atoms with Gasteiger partial charge in [-0.25, -0.2) is 0 Å². The second kappa shape index (κ2) is 9.97. The number of anilines is 1. The van der Waals surface area contributed by atoms with Crippen LogP contribution in [0.1, 0.15) is 63.5 Å². The third-order valence-electron chi connectivity index (χ3n) is 4.34. The van der Waals surface area contributed by atoms with Gasteiger partial charge in [-0.3, -0.25) is 0 Å². The second-order valence-electron chi connectivity index (χ2n) is 6.80. The molecule has 0 aliphatic heterocycles. The van der Waals surface area contributed by atoms with Crippen molar-refractivity contribution in [3.05, 3.63) is 71.3 Å². The molecule has 2 aromatic rings. The van der Waals surface area contributed by atoms with Crippen LogP contribution in [0.15, 0.2) is 60.2 Å². The minimum absolute atomic E-state index is 0.565. The molecule has 0 saturated heterocycles. The normalized spacial score (nSPS) is 11.8. The van der Waals surface area contributed by atoms with Gasteiger partial charge in [0.2, 0.25) is 0 Å². The second-order valence-corrected chi connectivity index (χ2v) is 6.80.